The lowest BCUT2D eigenvalue weighted by Crippen LogP contribution is -1.86. The molecule has 0 amide bonds. The van der Waals surface area contributed by atoms with Gasteiger partial charge in [-0.2, -0.15) is 0 Å². The molecule has 4 aromatic rings. The van der Waals surface area contributed by atoms with E-state index in [9.17, 15) is 10.1 Å². The van der Waals surface area contributed by atoms with Gasteiger partial charge in [-0.15, -0.1) is 22.7 Å². The second-order valence-electron chi connectivity index (χ2n) is 4.83. The lowest BCUT2D eigenvalue weighted by Gasteiger charge is -1.96. The van der Waals surface area contributed by atoms with Gasteiger partial charge in [-0.1, -0.05) is 0 Å². The summed E-state index contributed by atoms with van der Waals surface area (Å²) in [5.41, 5.74) is 1.97. The Kier molecular flexibility index (Phi) is 3.36. The number of rotatable bonds is 3. The van der Waals surface area contributed by atoms with Crippen LogP contribution >= 0.6 is 22.7 Å². The van der Waals surface area contributed by atoms with E-state index in [0.29, 0.717) is 0 Å². The summed E-state index contributed by atoms with van der Waals surface area (Å²) >= 11 is 3.26. The van der Waals surface area contributed by atoms with Crippen LogP contribution in [0, 0.1) is 10.1 Å². The van der Waals surface area contributed by atoms with Crippen LogP contribution in [0.1, 0.15) is 0 Å². The first kappa shape index (κ1) is 14.0. The van der Waals surface area contributed by atoms with Crippen LogP contribution in [0.3, 0.4) is 0 Å². The minimum absolute atomic E-state index is 0.101. The Labute approximate surface area is 139 Å². The molecule has 0 aliphatic carbocycles. The van der Waals surface area contributed by atoms with Gasteiger partial charge in [0.1, 0.15) is 10.5 Å². The topological polar surface area (TPSA) is 68.9 Å². The summed E-state index contributed by atoms with van der Waals surface area (Å²) in [5, 5.41) is 11.7. The van der Waals surface area contributed by atoms with Gasteiger partial charge < -0.3 is 0 Å². The van der Waals surface area contributed by atoms with Crippen molar-refractivity contribution in [2.45, 2.75) is 0 Å². The molecular weight excluding hydrogens is 330 g/mol. The van der Waals surface area contributed by atoms with Gasteiger partial charge in [0.25, 0.3) is 5.69 Å². The molecule has 0 saturated carbocycles. The van der Waals surface area contributed by atoms with Crippen molar-refractivity contribution in [3.05, 3.63) is 65.0 Å². The fourth-order valence-electron chi connectivity index (χ4n) is 2.24. The maximum absolute atomic E-state index is 10.7. The van der Waals surface area contributed by atoms with E-state index in [1.54, 1.807) is 47.2 Å². The zero-order valence-corrected chi connectivity index (χ0v) is 13.3. The van der Waals surface area contributed by atoms with Gasteiger partial charge in [0, 0.05) is 23.2 Å². The first-order valence-corrected chi connectivity index (χ1v) is 8.39. The Morgan fingerprint density at radius 1 is 0.957 bits per heavy atom. The van der Waals surface area contributed by atoms with Crippen LogP contribution in [-0.4, -0.2) is 14.9 Å². The summed E-state index contributed by atoms with van der Waals surface area (Å²) in [5.74, 6) is 0. The monoisotopic (exact) mass is 339 g/mol. The summed E-state index contributed by atoms with van der Waals surface area (Å²) in [6.07, 6.45) is 3.53. The van der Waals surface area contributed by atoms with E-state index in [1.807, 2.05) is 18.2 Å². The lowest BCUT2D eigenvalue weighted by molar-refractivity contribution is -0.384. The van der Waals surface area contributed by atoms with Crippen LogP contribution in [-0.2, 0) is 0 Å². The maximum atomic E-state index is 10.7. The first-order chi connectivity index (χ1) is 11.2. The summed E-state index contributed by atoms with van der Waals surface area (Å²) in [4.78, 5) is 21.2. The molecule has 0 unspecified atom stereocenters. The van der Waals surface area contributed by atoms with Crippen LogP contribution in [0.2, 0.25) is 0 Å². The van der Waals surface area contributed by atoms with Crippen molar-refractivity contribution in [3.8, 4) is 20.3 Å². The maximum Gasteiger partial charge on any atom is 0.269 e. The second-order valence-corrected chi connectivity index (χ2v) is 6.94. The average molecular weight is 339 g/mol. The number of nitro groups is 1. The SMILES string of the molecule is O=[N+]([O-])c1ccc(-c2ccc(-c3nc4cnccc4s3)s2)cc1. The highest BCUT2D eigenvalue weighted by atomic mass is 32.1. The smallest absolute Gasteiger partial charge is 0.262 e. The van der Waals surface area contributed by atoms with Gasteiger partial charge in [0.15, 0.2) is 0 Å². The van der Waals surface area contributed by atoms with E-state index in [4.69, 9.17) is 0 Å². The van der Waals surface area contributed by atoms with Crippen molar-refractivity contribution in [1.82, 2.24) is 9.97 Å². The van der Waals surface area contributed by atoms with Crippen molar-refractivity contribution >= 4 is 38.6 Å². The first-order valence-electron chi connectivity index (χ1n) is 6.76. The van der Waals surface area contributed by atoms with E-state index in [-0.39, 0.29) is 5.69 Å². The van der Waals surface area contributed by atoms with Gasteiger partial charge in [-0.05, 0) is 35.9 Å². The molecule has 3 heterocycles. The molecule has 0 atom stereocenters. The fraction of sp³-hybridized carbons (Fsp3) is 0. The van der Waals surface area contributed by atoms with Crippen LogP contribution < -0.4 is 0 Å². The lowest BCUT2D eigenvalue weighted by atomic mass is 10.2. The minimum atomic E-state index is -0.390. The normalized spacial score (nSPS) is 11.0. The Hall–Kier alpha value is -2.64. The Morgan fingerprint density at radius 3 is 2.48 bits per heavy atom. The van der Waals surface area contributed by atoms with Gasteiger partial charge in [0.05, 0.1) is 20.7 Å². The average Bonchev–Trinajstić information content (AvgIpc) is 3.21. The summed E-state index contributed by atoms with van der Waals surface area (Å²) in [6.45, 7) is 0. The second kappa shape index (κ2) is 5.53. The van der Waals surface area contributed by atoms with E-state index in [0.717, 1.165) is 30.5 Å². The van der Waals surface area contributed by atoms with E-state index >= 15 is 0 Å². The summed E-state index contributed by atoms with van der Waals surface area (Å²) in [7, 11) is 0. The molecule has 0 fully saturated rings. The molecule has 7 heteroatoms. The highest BCUT2D eigenvalue weighted by Gasteiger charge is 2.11. The van der Waals surface area contributed by atoms with Crippen LogP contribution in [0.4, 0.5) is 5.69 Å². The number of nitrogens with zero attached hydrogens (tertiary/aromatic N) is 3. The number of thiophene rings is 1. The molecule has 112 valence electrons. The molecule has 0 bridgehead atoms. The number of thiazole rings is 1. The summed E-state index contributed by atoms with van der Waals surface area (Å²) < 4.78 is 1.11. The quantitative estimate of drug-likeness (QED) is 0.389. The fourth-order valence-corrected chi connectivity index (χ4v) is 4.24. The predicted molar refractivity (Wildman–Crippen MR) is 92.8 cm³/mol. The summed E-state index contributed by atoms with van der Waals surface area (Å²) in [6, 6.07) is 12.6. The number of aromatic nitrogens is 2. The number of hydrogen-bond donors (Lipinski definition) is 0. The van der Waals surface area contributed by atoms with E-state index in [1.165, 1.54) is 12.1 Å². The largest absolute Gasteiger partial charge is 0.269 e. The van der Waals surface area contributed by atoms with Crippen molar-refractivity contribution in [2.75, 3.05) is 0 Å². The molecule has 4 rings (SSSR count). The van der Waals surface area contributed by atoms with Gasteiger partial charge in [-0.3, -0.25) is 15.1 Å². The highest BCUT2D eigenvalue weighted by molar-refractivity contribution is 7.26. The molecule has 0 aliphatic rings. The Balaban J connectivity index is 1.69. The van der Waals surface area contributed by atoms with Crippen molar-refractivity contribution in [1.29, 1.82) is 0 Å². The van der Waals surface area contributed by atoms with Gasteiger partial charge in [0.2, 0.25) is 0 Å². The molecular formula is C16H9N3O2S2. The third kappa shape index (κ3) is 2.60. The number of non-ortho nitro benzene ring substituents is 1. The van der Waals surface area contributed by atoms with Crippen LogP contribution in [0.25, 0.3) is 30.5 Å². The number of nitro benzene ring substituents is 1. The zero-order chi connectivity index (χ0) is 15.8. The van der Waals surface area contributed by atoms with E-state index < -0.39 is 4.92 Å². The predicted octanol–water partition coefficient (Wildman–Crippen LogP) is 5.00. The zero-order valence-electron chi connectivity index (χ0n) is 11.7. The van der Waals surface area contributed by atoms with Crippen LogP contribution in [0.5, 0.6) is 0 Å². The third-order valence-electron chi connectivity index (χ3n) is 3.37. The number of fused-ring (bicyclic) bond motifs is 1. The standard InChI is InChI=1S/C16H9N3O2S2/c20-19(21)11-3-1-10(2-4-11)13-5-6-15(22-13)16-18-12-9-17-8-7-14(12)23-16/h1-9H. The molecule has 0 spiro atoms. The number of benzene rings is 1. The van der Waals surface area contributed by atoms with Crippen molar-refractivity contribution in [2.24, 2.45) is 0 Å². The molecule has 23 heavy (non-hydrogen) atoms. The Morgan fingerprint density at radius 2 is 1.74 bits per heavy atom. The Bertz CT molecular complexity index is 973. The van der Waals surface area contributed by atoms with Gasteiger partial charge >= 0.3 is 0 Å². The molecule has 5 nitrogen and oxygen atoms in total. The molecule has 0 aliphatic heterocycles. The molecule has 1 aromatic carbocycles. The third-order valence-corrected chi connectivity index (χ3v) is 5.71. The van der Waals surface area contributed by atoms with Crippen molar-refractivity contribution < 1.29 is 4.92 Å². The van der Waals surface area contributed by atoms with Crippen molar-refractivity contribution in [3.63, 3.8) is 0 Å². The molecule has 0 N–H and O–H groups in total. The molecule has 0 radical (unpaired) electrons. The molecule has 3 aromatic heterocycles. The van der Waals surface area contributed by atoms with Crippen LogP contribution in [0.15, 0.2) is 54.9 Å². The molecule has 0 saturated heterocycles. The number of hydrogen-bond acceptors (Lipinski definition) is 6. The number of pyridine rings is 1. The van der Waals surface area contributed by atoms with E-state index in [2.05, 4.69) is 9.97 Å². The van der Waals surface area contributed by atoms with Gasteiger partial charge in [-0.25, -0.2) is 4.98 Å². The minimum Gasteiger partial charge on any atom is -0.262 e. The highest BCUT2D eigenvalue weighted by Crippen LogP contribution is 2.38.